The summed E-state index contributed by atoms with van der Waals surface area (Å²) in [7, 11) is -1.28. The van der Waals surface area contributed by atoms with Crippen LogP contribution in [0, 0.1) is 0 Å². The molecule has 1 heterocycles. The molecule has 0 saturated carbocycles. The summed E-state index contributed by atoms with van der Waals surface area (Å²) in [4.78, 5) is 14.3. The van der Waals surface area contributed by atoms with Gasteiger partial charge in [-0.15, -0.1) is 0 Å². The summed E-state index contributed by atoms with van der Waals surface area (Å²) in [6, 6.07) is 13.4. The van der Waals surface area contributed by atoms with Crippen molar-refractivity contribution in [1.29, 1.82) is 0 Å². The summed E-state index contributed by atoms with van der Waals surface area (Å²) in [6.45, 7) is 5.76. The van der Waals surface area contributed by atoms with Crippen LogP contribution in [0.5, 0.6) is 11.5 Å². The van der Waals surface area contributed by atoms with Crippen LogP contribution in [0.4, 0.5) is 13.2 Å². The van der Waals surface area contributed by atoms with Crippen molar-refractivity contribution in [2.24, 2.45) is 0 Å². The second-order valence-corrected chi connectivity index (χ2v) is 13.1. The number of hydrogen-bond donors (Lipinski definition) is 0. The fourth-order valence-corrected chi connectivity index (χ4v) is 4.96. The minimum atomic E-state index is -4.88. The minimum Gasteiger partial charge on any atom is -0.497 e. The molecule has 1 aliphatic rings. The number of alkyl halides is 3. The van der Waals surface area contributed by atoms with Crippen molar-refractivity contribution in [3.8, 4) is 11.5 Å². The Morgan fingerprint density at radius 2 is 1.67 bits per heavy atom. The zero-order valence-electron chi connectivity index (χ0n) is 19.2. The predicted molar refractivity (Wildman–Crippen MR) is 118 cm³/mol. The monoisotopic (exact) mass is 483 g/mol. The minimum absolute atomic E-state index is 0.362. The topological polar surface area (TPSA) is 57.2 Å². The Morgan fingerprint density at radius 1 is 1.06 bits per heavy atom. The molecule has 0 aromatic heterocycles. The molecule has 0 spiro atoms. The van der Waals surface area contributed by atoms with E-state index in [2.05, 4.69) is 0 Å². The number of methoxy groups -OCH3 is 1. The summed E-state index contributed by atoms with van der Waals surface area (Å²) < 4.78 is 65.4. The first-order valence-electron chi connectivity index (χ1n) is 10.5. The van der Waals surface area contributed by atoms with E-state index in [0.29, 0.717) is 17.1 Å². The molecule has 1 fully saturated rings. The molecular weight excluding hydrogens is 455 g/mol. The lowest BCUT2D eigenvalue weighted by Crippen LogP contribution is -2.60. The molecule has 0 unspecified atom stereocenters. The number of carbonyl (C=O) groups is 1. The smallest absolute Gasteiger partial charge is 0.444 e. The highest BCUT2D eigenvalue weighted by atomic mass is 28.4. The molecule has 6 nitrogen and oxygen atoms in total. The Labute approximate surface area is 192 Å². The van der Waals surface area contributed by atoms with Crippen LogP contribution in [-0.4, -0.2) is 50.8 Å². The zero-order chi connectivity index (χ0) is 24.4. The van der Waals surface area contributed by atoms with Crippen LogP contribution in [0.15, 0.2) is 54.6 Å². The lowest BCUT2D eigenvalue weighted by Gasteiger charge is -2.39. The van der Waals surface area contributed by atoms with Gasteiger partial charge in [-0.05, 0) is 50.8 Å². The van der Waals surface area contributed by atoms with Crippen LogP contribution in [-0.2, 0) is 14.0 Å². The van der Waals surface area contributed by atoms with Gasteiger partial charge in [-0.1, -0.05) is 30.3 Å². The molecule has 180 valence electrons. The maximum atomic E-state index is 14.5. The highest BCUT2D eigenvalue weighted by Gasteiger charge is 2.70. The first kappa shape index (κ1) is 25.1. The maximum absolute atomic E-state index is 14.5. The van der Waals surface area contributed by atoms with Gasteiger partial charge in [0.15, 0.2) is 21.2 Å². The lowest BCUT2D eigenvalue weighted by molar-refractivity contribution is -0.352. The van der Waals surface area contributed by atoms with E-state index in [9.17, 15) is 18.0 Å². The van der Waals surface area contributed by atoms with Gasteiger partial charge in [0.1, 0.15) is 11.5 Å². The number of nitrogens with zero attached hydrogens (tertiary/aromatic N) is 1. The van der Waals surface area contributed by atoms with Crippen LogP contribution >= 0.6 is 0 Å². The number of carbonyl (C=O) groups excluding carboxylic acids is 1. The van der Waals surface area contributed by atoms with Crippen LogP contribution in [0.2, 0.25) is 19.6 Å². The molecular formula is C23H28F3NO5Si. The molecule has 0 aliphatic carbocycles. The molecule has 1 amide bonds. The average molecular weight is 484 g/mol. The molecule has 1 aliphatic heterocycles. The third-order valence-corrected chi connectivity index (χ3v) is 6.07. The fourth-order valence-electron chi connectivity index (χ4n) is 3.71. The largest absolute Gasteiger partial charge is 0.497 e. The molecule has 2 aromatic carbocycles. The van der Waals surface area contributed by atoms with Crippen molar-refractivity contribution >= 4 is 14.2 Å². The van der Waals surface area contributed by atoms with E-state index in [1.807, 2.05) is 0 Å². The molecule has 3 rings (SSSR count). The quantitative estimate of drug-likeness (QED) is 0.511. The molecule has 10 heteroatoms. The van der Waals surface area contributed by atoms with Crippen molar-refractivity contribution in [3.05, 3.63) is 60.2 Å². The summed E-state index contributed by atoms with van der Waals surface area (Å²) in [6.07, 6.45) is -6.21. The van der Waals surface area contributed by atoms with Gasteiger partial charge in [0, 0.05) is 5.56 Å². The van der Waals surface area contributed by atoms with E-state index < -0.39 is 45.1 Å². The predicted octanol–water partition coefficient (Wildman–Crippen LogP) is 5.13. The Morgan fingerprint density at radius 3 is 2.18 bits per heavy atom. The number of hydrogen-bond acceptors (Lipinski definition) is 5. The average Bonchev–Trinajstić information content (AvgIpc) is 3.04. The molecule has 0 radical (unpaired) electrons. The highest BCUT2D eigenvalue weighted by Crippen LogP contribution is 2.51. The first-order valence-corrected chi connectivity index (χ1v) is 13.9. The molecule has 3 atom stereocenters. The Bertz CT molecular complexity index is 949. The number of rotatable bonds is 7. The molecule has 0 N–H and O–H groups in total. The van der Waals surface area contributed by atoms with Gasteiger partial charge in [0.2, 0.25) is 0 Å². The van der Waals surface area contributed by atoms with Gasteiger partial charge in [-0.2, -0.15) is 13.2 Å². The van der Waals surface area contributed by atoms with Crippen molar-refractivity contribution < 1.29 is 36.6 Å². The standard InChI is InChI=1S/C23H28F3NO5Si/c1-16-22(23(24,25)26,32-33(3,4)5)31-21(17-11-13-18(29-2)14-12-17)27(16)20(28)15-30-19-9-7-6-8-10-19/h6-14,16,21H,15H2,1-5H3/t16-,21-,22+/m0/s1. The van der Waals surface area contributed by atoms with Crippen LogP contribution in [0.1, 0.15) is 18.7 Å². The Kier molecular flexibility index (Phi) is 7.11. The second-order valence-electron chi connectivity index (χ2n) is 8.70. The number of para-hydroxylation sites is 1. The van der Waals surface area contributed by atoms with E-state index >= 15 is 0 Å². The van der Waals surface area contributed by atoms with E-state index in [4.69, 9.17) is 18.6 Å². The molecule has 2 aromatic rings. The van der Waals surface area contributed by atoms with Crippen LogP contribution < -0.4 is 9.47 Å². The molecule has 0 bridgehead atoms. The van der Waals surface area contributed by atoms with Crippen molar-refractivity contribution in [2.75, 3.05) is 13.7 Å². The zero-order valence-corrected chi connectivity index (χ0v) is 20.2. The molecule has 33 heavy (non-hydrogen) atoms. The third-order valence-electron chi connectivity index (χ3n) is 5.15. The van der Waals surface area contributed by atoms with Crippen molar-refractivity contribution in [1.82, 2.24) is 4.90 Å². The summed E-state index contributed by atoms with van der Waals surface area (Å²) >= 11 is 0. The SMILES string of the molecule is COc1ccc([C@@H]2O[C@](O[Si](C)(C)C)(C(F)(F)F)[C@H](C)N2C(=O)COc2ccccc2)cc1. The summed E-state index contributed by atoms with van der Waals surface area (Å²) in [5.74, 6) is -2.67. The Balaban J connectivity index is 2.00. The van der Waals surface area contributed by atoms with E-state index in [1.165, 1.54) is 14.0 Å². The van der Waals surface area contributed by atoms with Gasteiger partial charge in [-0.3, -0.25) is 4.79 Å². The van der Waals surface area contributed by atoms with Gasteiger partial charge in [-0.25, -0.2) is 0 Å². The van der Waals surface area contributed by atoms with Gasteiger partial charge in [0.25, 0.3) is 11.7 Å². The van der Waals surface area contributed by atoms with Crippen molar-refractivity contribution in [3.63, 3.8) is 0 Å². The maximum Gasteiger partial charge on any atom is 0.444 e. The fraction of sp³-hybridized carbons (Fsp3) is 0.435. The van der Waals surface area contributed by atoms with Gasteiger partial charge in [0.05, 0.1) is 13.2 Å². The van der Waals surface area contributed by atoms with E-state index in [-0.39, 0.29) is 0 Å². The van der Waals surface area contributed by atoms with Gasteiger partial charge >= 0.3 is 6.18 Å². The third kappa shape index (κ3) is 5.34. The Hall–Kier alpha value is -2.56. The number of amides is 1. The summed E-state index contributed by atoms with van der Waals surface area (Å²) in [5.41, 5.74) is 0.362. The van der Waals surface area contributed by atoms with Gasteiger partial charge < -0.3 is 23.5 Å². The number of benzene rings is 2. The van der Waals surface area contributed by atoms with Crippen LogP contribution in [0.25, 0.3) is 0 Å². The molecule has 1 saturated heterocycles. The second kappa shape index (κ2) is 9.36. The normalized spacial score (nSPS) is 23.5. The van der Waals surface area contributed by atoms with E-state index in [0.717, 1.165) is 4.90 Å². The lowest BCUT2D eigenvalue weighted by atomic mass is 10.1. The van der Waals surface area contributed by atoms with Crippen LogP contribution in [0.3, 0.4) is 0 Å². The first-order chi connectivity index (χ1) is 15.4. The highest BCUT2D eigenvalue weighted by molar-refractivity contribution is 6.69. The van der Waals surface area contributed by atoms with E-state index in [1.54, 1.807) is 74.2 Å². The summed E-state index contributed by atoms with van der Waals surface area (Å²) in [5, 5.41) is 0. The number of ether oxygens (including phenoxy) is 3. The number of halogens is 3. The van der Waals surface area contributed by atoms with Crippen molar-refractivity contribution in [2.45, 2.75) is 50.8 Å².